The number of sulfonamides is 1. The number of carbonyl (C=O) groups is 1. The van der Waals surface area contributed by atoms with Gasteiger partial charge in [-0.1, -0.05) is 17.3 Å². The number of carbonyl (C=O) groups excluding carboxylic acids is 1. The van der Waals surface area contributed by atoms with Crippen molar-refractivity contribution in [2.45, 2.75) is 18.0 Å². The highest BCUT2D eigenvalue weighted by Crippen LogP contribution is 2.38. The van der Waals surface area contributed by atoms with E-state index >= 15 is 0 Å². The summed E-state index contributed by atoms with van der Waals surface area (Å²) in [6.07, 6.45) is 1.66. The molecular weight excluding hydrogens is 424 g/mol. The van der Waals surface area contributed by atoms with E-state index in [0.717, 1.165) is 5.56 Å². The molecule has 2 aromatic carbocycles. The van der Waals surface area contributed by atoms with Crippen molar-refractivity contribution >= 4 is 26.8 Å². The number of aromatic hydroxyl groups is 2. The van der Waals surface area contributed by atoms with E-state index in [1.54, 1.807) is 29.1 Å². The van der Waals surface area contributed by atoms with Crippen LogP contribution in [-0.2, 0) is 23.1 Å². The van der Waals surface area contributed by atoms with E-state index in [1.807, 2.05) is 0 Å². The van der Waals surface area contributed by atoms with Gasteiger partial charge in [-0.25, -0.2) is 18.2 Å². The third-order valence-corrected chi connectivity index (χ3v) is 5.73. The average Bonchev–Trinajstić information content (AvgIpc) is 3.25. The van der Waals surface area contributed by atoms with Crippen LogP contribution < -0.4 is 10.9 Å². The van der Waals surface area contributed by atoms with Crippen molar-refractivity contribution in [2.75, 3.05) is 0 Å². The highest BCUT2D eigenvalue weighted by molar-refractivity contribution is 7.89. The van der Waals surface area contributed by atoms with Crippen LogP contribution in [0.4, 0.5) is 0 Å². The van der Waals surface area contributed by atoms with Crippen molar-refractivity contribution in [3.63, 3.8) is 0 Å². The van der Waals surface area contributed by atoms with Gasteiger partial charge in [-0.3, -0.25) is 4.79 Å². The number of primary sulfonamides is 1. The highest BCUT2D eigenvalue weighted by atomic mass is 32.2. The van der Waals surface area contributed by atoms with E-state index in [0.29, 0.717) is 17.8 Å². The molecule has 4 rings (SSSR count). The van der Waals surface area contributed by atoms with E-state index < -0.39 is 15.9 Å². The molecule has 11 nitrogen and oxygen atoms in total. The van der Waals surface area contributed by atoms with Crippen molar-refractivity contribution in [3.8, 4) is 11.6 Å². The third kappa shape index (κ3) is 3.93. The minimum absolute atomic E-state index is 0.0183. The van der Waals surface area contributed by atoms with Crippen molar-refractivity contribution in [1.82, 2.24) is 19.6 Å². The molecule has 0 atom stereocenters. The molecule has 4 aromatic rings. The zero-order valence-electron chi connectivity index (χ0n) is 16.0. The summed E-state index contributed by atoms with van der Waals surface area (Å²) in [7, 11) is -3.76. The lowest BCUT2D eigenvalue weighted by atomic mass is 10.1. The molecule has 6 N–H and O–H groups in total. The quantitative estimate of drug-likeness (QED) is 0.335. The predicted octanol–water partition coefficient (Wildman–Crippen LogP) is 0.487. The normalized spacial score (nSPS) is 11.8. The Bertz CT molecular complexity index is 1410. The van der Waals surface area contributed by atoms with Gasteiger partial charge in [0.2, 0.25) is 21.8 Å². The molecule has 1 amide bonds. The first kappa shape index (κ1) is 20.4. The smallest absolute Gasteiger partial charge is 0.248 e. The first-order valence-corrected chi connectivity index (χ1v) is 10.5. The Hall–Kier alpha value is -3.90. The topological polar surface area (TPSA) is 179 Å². The summed E-state index contributed by atoms with van der Waals surface area (Å²) in [5, 5.41) is 34.1. The Kier molecular flexibility index (Phi) is 4.87. The van der Waals surface area contributed by atoms with Gasteiger partial charge in [0, 0.05) is 10.9 Å². The number of nitrogens with zero attached hydrogens (tertiary/aromatic N) is 4. The Labute approximate surface area is 176 Å². The van der Waals surface area contributed by atoms with Gasteiger partial charge in [0.15, 0.2) is 5.75 Å². The molecule has 0 bridgehead atoms. The molecule has 31 heavy (non-hydrogen) atoms. The van der Waals surface area contributed by atoms with Gasteiger partial charge >= 0.3 is 0 Å². The number of aromatic nitrogens is 4. The Morgan fingerprint density at radius 1 is 1.06 bits per heavy atom. The highest BCUT2D eigenvalue weighted by Gasteiger charge is 2.18. The zero-order valence-corrected chi connectivity index (χ0v) is 16.8. The SMILES string of the molecule is NC(=O)c1ccc2c(c1)c(O)c(O)n2Cc1cn(Cc2ccc(S(N)(=O)=O)cc2)nn1. The second-order valence-corrected chi connectivity index (χ2v) is 8.51. The van der Waals surface area contributed by atoms with Crippen LogP contribution >= 0.6 is 0 Å². The van der Waals surface area contributed by atoms with E-state index in [1.165, 1.54) is 28.8 Å². The summed E-state index contributed by atoms with van der Waals surface area (Å²) in [6, 6.07) is 10.6. The fourth-order valence-corrected chi connectivity index (χ4v) is 3.77. The van der Waals surface area contributed by atoms with Gasteiger partial charge in [0.05, 0.1) is 29.7 Å². The lowest BCUT2D eigenvalue weighted by Crippen LogP contribution is -2.12. The van der Waals surface area contributed by atoms with Gasteiger partial charge in [-0.2, -0.15) is 0 Å². The fraction of sp³-hybridized carbons (Fsp3) is 0.105. The summed E-state index contributed by atoms with van der Waals surface area (Å²) >= 11 is 0. The third-order valence-electron chi connectivity index (χ3n) is 4.80. The predicted molar refractivity (Wildman–Crippen MR) is 110 cm³/mol. The van der Waals surface area contributed by atoms with Crippen molar-refractivity contribution in [1.29, 1.82) is 0 Å². The molecule has 0 saturated carbocycles. The Morgan fingerprint density at radius 2 is 1.77 bits per heavy atom. The standard InChI is InChI=1S/C19H18N6O5S/c20-18(27)12-3-6-16-15(7-12)17(26)19(28)25(16)10-13-9-24(23-22-13)8-11-1-4-14(5-2-11)31(21,29)30/h1-7,9,26,28H,8,10H2,(H2,20,27)(H2,21,29,30). The number of amides is 1. The molecule has 0 fully saturated rings. The van der Waals surface area contributed by atoms with Crippen LogP contribution in [0.25, 0.3) is 10.9 Å². The number of rotatable bonds is 6. The maximum absolute atomic E-state index is 11.4. The van der Waals surface area contributed by atoms with Crippen LogP contribution in [0.5, 0.6) is 11.6 Å². The largest absolute Gasteiger partial charge is 0.503 e. The van der Waals surface area contributed by atoms with Gasteiger partial charge in [-0.15, -0.1) is 5.10 Å². The van der Waals surface area contributed by atoms with Crippen molar-refractivity contribution in [2.24, 2.45) is 10.9 Å². The maximum atomic E-state index is 11.4. The van der Waals surface area contributed by atoms with Gasteiger partial charge in [-0.05, 0) is 35.9 Å². The van der Waals surface area contributed by atoms with E-state index in [4.69, 9.17) is 10.9 Å². The number of primary amides is 1. The second-order valence-electron chi connectivity index (χ2n) is 6.95. The first-order chi connectivity index (χ1) is 14.6. The molecule has 0 aliphatic heterocycles. The van der Waals surface area contributed by atoms with E-state index in [-0.39, 0.29) is 34.0 Å². The van der Waals surface area contributed by atoms with E-state index in [9.17, 15) is 23.4 Å². The van der Waals surface area contributed by atoms with Gasteiger partial charge < -0.3 is 20.5 Å². The average molecular weight is 442 g/mol. The molecule has 12 heteroatoms. The Morgan fingerprint density at radius 3 is 2.42 bits per heavy atom. The molecule has 0 unspecified atom stereocenters. The summed E-state index contributed by atoms with van der Waals surface area (Å²) in [5.74, 6) is -1.38. The second kappa shape index (κ2) is 7.41. The number of fused-ring (bicyclic) bond motifs is 1. The first-order valence-electron chi connectivity index (χ1n) is 8.98. The summed E-state index contributed by atoms with van der Waals surface area (Å²) in [5.41, 5.74) is 7.27. The van der Waals surface area contributed by atoms with Crippen LogP contribution in [0, 0.1) is 0 Å². The Balaban J connectivity index is 1.57. The molecule has 0 radical (unpaired) electrons. The molecule has 0 aliphatic carbocycles. The molecule has 0 aliphatic rings. The number of hydrogen-bond donors (Lipinski definition) is 4. The minimum atomic E-state index is -3.76. The lowest BCUT2D eigenvalue weighted by molar-refractivity contribution is 0.100. The molecular formula is C19H18N6O5S. The monoisotopic (exact) mass is 442 g/mol. The van der Waals surface area contributed by atoms with Crippen LogP contribution in [-0.4, -0.2) is 44.1 Å². The number of hydrogen-bond acceptors (Lipinski definition) is 7. The van der Waals surface area contributed by atoms with Gasteiger partial charge in [0.25, 0.3) is 0 Å². The summed E-state index contributed by atoms with van der Waals surface area (Å²) in [6.45, 7) is 0.451. The van der Waals surface area contributed by atoms with Crippen LogP contribution in [0.3, 0.4) is 0 Å². The molecule has 2 aromatic heterocycles. The van der Waals surface area contributed by atoms with Gasteiger partial charge in [0.1, 0.15) is 5.69 Å². The maximum Gasteiger partial charge on any atom is 0.248 e. The lowest BCUT2D eigenvalue weighted by Gasteiger charge is -2.04. The zero-order chi connectivity index (χ0) is 22.3. The minimum Gasteiger partial charge on any atom is -0.503 e. The van der Waals surface area contributed by atoms with Crippen LogP contribution in [0.2, 0.25) is 0 Å². The van der Waals surface area contributed by atoms with Crippen LogP contribution in [0.1, 0.15) is 21.6 Å². The number of nitrogens with two attached hydrogens (primary N) is 2. The molecule has 160 valence electrons. The molecule has 0 spiro atoms. The fourth-order valence-electron chi connectivity index (χ4n) is 3.26. The summed E-state index contributed by atoms with van der Waals surface area (Å²) < 4.78 is 25.7. The van der Waals surface area contributed by atoms with E-state index in [2.05, 4.69) is 10.3 Å². The van der Waals surface area contributed by atoms with Crippen molar-refractivity contribution in [3.05, 3.63) is 65.5 Å². The van der Waals surface area contributed by atoms with Crippen LogP contribution in [0.15, 0.2) is 53.6 Å². The summed E-state index contributed by atoms with van der Waals surface area (Å²) in [4.78, 5) is 11.4. The van der Waals surface area contributed by atoms with Crippen molar-refractivity contribution < 1.29 is 23.4 Å². The molecule has 0 saturated heterocycles. The molecule has 2 heterocycles. The number of benzene rings is 2.